The van der Waals surface area contributed by atoms with Crippen molar-refractivity contribution in [3.8, 4) is 17.2 Å². The monoisotopic (exact) mass is 614 g/mol. The van der Waals surface area contributed by atoms with Crippen LogP contribution in [0.15, 0.2) is 36.4 Å². The van der Waals surface area contributed by atoms with Gasteiger partial charge in [0.15, 0.2) is 11.5 Å². The number of hydrogen-bond acceptors (Lipinski definition) is 6. The Labute approximate surface area is 268 Å². The minimum Gasteiger partial charge on any atom is -0.508 e. The van der Waals surface area contributed by atoms with E-state index in [4.69, 9.17) is 9.47 Å². The Hall–Kier alpha value is -3.06. The van der Waals surface area contributed by atoms with Gasteiger partial charge in [-0.05, 0) is 88.7 Å². The number of phenolic OH excluding ortho intramolecular Hbond substituents is 1. The van der Waals surface area contributed by atoms with Gasteiger partial charge in [0.25, 0.3) is 0 Å². The van der Waals surface area contributed by atoms with E-state index in [0.29, 0.717) is 36.4 Å². The molecule has 2 saturated carbocycles. The maximum atomic E-state index is 13.8. The van der Waals surface area contributed by atoms with Crippen LogP contribution in [0.3, 0.4) is 0 Å². The molecule has 5 atom stereocenters. The molecular formula is C38H50N2O5. The van der Waals surface area contributed by atoms with E-state index in [2.05, 4.69) is 47.1 Å². The Kier molecular flexibility index (Phi) is 8.58. The Balaban J connectivity index is 1.07. The largest absolute Gasteiger partial charge is 0.508 e. The number of carbonyl (C=O) groups is 2. The third-order valence-electron chi connectivity index (χ3n) is 11.7. The van der Waals surface area contributed by atoms with Gasteiger partial charge in [-0.15, -0.1) is 0 Å². The number of likely N-dealkylation sites (N-methyl/N-ethyl adjacent to an activating group) is 1. The maximum absolute atomic E-state index is 13.8. The molecule has 1 spiro atoms. The number of aryl methyl sites for hydroxylation is 1. The van der Waals surface area contributed by atoms with Crippen LogP contribution in [0.4, 0.5) is 0 Å². The molecule has 2 bridgehead atoms. The maximum Gasteiger partial charge on any atom is 0.308 e. The van der Waals surface area contributed by atoms with Gasteiger partial charge in [-0.1, -0.05) is 49.6 Å². The molecule has 7 rings (SSSR count). The summed E-state index contributed by atoms with van der Waals surface area (Å²) in [5, 5.41) is 11.3. The van der Waals surface area contributed by atoms with Crippen LogP contribution in [0.5, 0.6) is 17.2 Å². The standard InChI is InChI=1S/C38H50N2O5/c1-3-40(34(43)15-11-6-4-5-8-12-26-13-9-7-10-14-26)30-19-18-29-31-22-28-32(42)23-33(44-25(2)41)36-35(28)38(29,37(30)45-36)20-21-39(31)24-27-16-17-27/h7,9-10,13-14,23,27,29-31,37,42H,3-6,8,11-12,15-22,24H2,1-2H3/t29-,30-,31+,37-,38-/m0/s1. The molecule has 1 N–H and O–H groups in total. The van der Waals surface area contributed by atoms with Crippen molar-refractivity contribution in [3.63, 3.8) is 0 Å². The lowest BCUT2D eigenvalue weighted by Gasteiger charge is -2.60. The number of rotatable bonds is 13. The highest BCUT2D eigenvalue weighted by molar-refractivity contribution is 5.77. The first-order chi connectivity index (χ1) is 21.9. The summed E-state index contributed by atoms with van der Waals surface area (Å²) < 4.78 is 12.6. The van der Waals surface area contributed by atoms with Crippen molar-refractivity contribution < 1.29 is 24.2 Å². The fourth-order valence-electron chi connectivity index (χ4n) is 9.58. The molecule has 1 saturated heterocycles. The second-order valence-electron chi connectivity index (χ2n) is 14.4. The summed E-state index contributed by atoms with van der Waals surface area (Å²) in [7, 11) is 0. The van der Waals surface area contributed by atoms with E-state index in [9.17, 15) is 14.7 Å². The fourth-order valence-corrected chi connectivity index (χ4v) is 9.58. The van der Waals surface area contributed by atoms with Crippen molar-refractivity contribution in [1.29, 1.82) is 0 Å². The average molecular weight is 615 g/mol. The molecule has 7 heteroatoms. The predicted molar refractivity (Wildman–Crippen MR) is 174 cm³/mol. The van der Waals surface area contributed by atoms with Gasteiger partial charge in [-0.25, -0.2) is 0 Å². The van der Waals surface area contributed by atoms with Gasteiger partial charge in [0.1, 0.15) is 11.9 Å². The zero-order valence-electron chi connectivity index (χ0n) is 27.1. The van der Waals surface area contributed by atoms with Gasteiger partial charge in [-0.2, -0.15) is 0 Å². The van der Waals surface area contributed by atoms with Crippen LogP contribution in [-0.4, -0.2) is 64.6 Å². The molecule has 0 unspecified atom stereocenters. The van der Waals surface area contributed by atoms with Gasteiger partial charge < -0.3 is 19.5 Å². The smallest absolute Gasteiger partial charge is 0.308 e. The number of nitrogens with zero attached hydrogens (tertiary/aromatic N) is 2. The number of piperidine rings is 1. The number of esters is 1. The molecule has 1 amide bonds. The number of carbonyl (C=O) groups excluding carboxylic acids is 2. The van der Waals surface area contributed by atoms with Crippen LogP contribution in [0, 0.1) is 11.8 Å². The Morgan fingerprint density at radius 3 is 2.60 bits per heavy atom. The van der Waals surface area contributed by atoms with E-state index in [1.54, 1.807) is 6.07 Å². The molecule has 7 nitrogen and oxygen atoms in total. The lowest BCUT2D eigenvalue weighted by atomic mass is 9.50. The zero-order valence-corrected chi connectivity index (χ0v) is 27.1. The molecule has 5 aliphatic rings. The van der Waals surface area contributed by atoms with E-state index in [-0.39, 0.29) is 29.2 Å². The van der Waals surface area contributed by atoms with Crippen molar-refractivity contribution in [2.45, 2.75) is 121 Å². The summed E-state index contributed by atoms with van der Waals surface area (Å²) in [6, 6.07) is 12.6. The highest BCUT2D eigenvalue weighted by atomic mass is 16.6. The number of unbranched alkanes of at least 4 members (excludes halogenated alkanes) is 4. The Morgan fingerprint density at radius 1 is 1.07 bits per heavy atom. The van der Waals surface area contributed by atoms with E-state index >= 15 is 0 Å². The first kappa shape index (κ1) is 30.6. The van der Waals surface area contributed by atoms with Gasteiger partial charge in [0, 0.05) is 55.1 Å². The summed E-state index contributed by atoms with van der Waals surface area (Å²) in [4.78, 5) is 30.7. The van der Waals surface area contributed by atoms with E-state index in [0.717, 1.165) is 81.5 Å². The van der Waals surface area contributed by atoms with Crippen molar-refractivity contribution in [2.75, 3.05) is 19.6 Å². The molecular weight excluding hydrogens is 564 g/mol. The number of ether oxygens (including phenoxy) is 2. The third kappa shape index (κ3) is 5.64. The molecule has 242 valence electrons. The van der Waals surface area contributed by atoms with Crippen LogP contribution in [0.1, 0.15) is 101 Å². The number of amides is 1. The summed E-state index contributed by atoms with van der Waals surface area (Å²) in [5.41, 5.74) is 3.15. The average Bonchev–Trinajstić information content (AvgIpc) is 3.78. The first-order valence-corrected chi connectivity index (χ1v) is 17.7. The molecule has 2 heterocycles. The minimum atomic E-state index is -0.423. The van der Waals surface area contributed by atoms with E-state index < -0.39 is 5.97 Å². The van der Waals surface area contributed by atoms with Crippen molar-refractivity contribution in [2.24, 2.45) is 11.8 Å². The predicted octanol–water partition coefficient (Wildman–Crippen LogP) is 6.57. The van der Waals surface area contributed by atoms with E-state index in [1.165, 1.54) is 38.2 Å². The number of aromatic hydroxyl groups is 1. The summed E-state index contributed by atoms with van der Waals surface area (Å²) in [6.45, 7) is 6.29. The summed E-state index contributed by atoms with van der Waals surface area (Å²) in [5.74, 6) is 2.17. The Bertz CT molecular complexity index is 1410. The first-order valence-electron chi connectivity index (χ1n) is 17.7. The van der Waals surface area contributed by atoms with Crippen LogP contribution in [0.2, 0.25) is 0 Å². The number of hydrogen-bond donors (Lipinski definition) is 1. The number of benzene rings is 2. The van der Waals surface area contributed by atoms with Crippen LogP contribution < -0.4 is 9.47 Å². The fraction of sp³-hybridized carbons (Fsp3) is 0.632. The lowest BCUT2D eigenvalue weighted by molar-refractivity contribution is -0.142. The normalized spacial score (nSPS) is 27.9. The van der Waals surface area contributed by atoms with Crippen LogP contribution in [0.25, 0.3) is 0 Å². The van der Waals surface area contributed by atoms with Crippen molar-refractivity contribution >= 4 is 11.9 Å². The summed E-state index contributed by atoms with van der Waals surface area (Å²) in [6.07, 6.45) is 13.4. The second kappa shape index (κ2) is 12.6. The summed E-state index contributed by atoms with van der Waals surface area (Å²) >= 11 is 0. The van der Waals surface area contributed by atoms with Gasteiger partial charge in [-0.3, -0.25) is 14.5 Å². The molecule has 0 radical (unpaired) electrons. The topological polar surface area (TPSA) is 79.3 Å². The molecule has 2 aromatic carbocycles. The molecule has 45 heavy (non-hydrogen) atoms. The highest BCUT2D eigenvalue weighted by Gasteiger charge is 2.67. The lowest BCUT2D eigenvalue weighted by Crippen LogP contribution is -2.69. The van der Waals surface area contributed by atoms with Gasteiger partial charge in [0.2, 0.25) is 5.91 Å². The number of likely N-dealkylation sites (tertiary alicyclic amines) is 1. The zero-order chi connectivity index (χ0) is 31.1. The third-order valence-corrected chi connectivity index (χ3v) is 11.7. The molecule has 3 aliphatic carbocycles. The van der Waals surface area contributed by atoms with Crippen molar-refractivity contribution in [1.82, 2.24) is 9.80 Å². The second-order valence-corrected chi connectivity index (χ2v) is 14.4. The van der Waals surface area contributed by atoms with Crippen LogP contribution in [-0.2, 0) is 27.8 Å². The molecule has 3 fully saturated rings. The highest BCUT2D eigenvalue weighted by Crippen LogP contribution is 2.66. The molecule has 2 aliphatic heterocycles. The van der Waals surface area contributed by atoms with Crippen molar-refractivity contribution in [3.05, 3.63) is 53.1 Å². The SMILES string of the molecule is CCN(C(=O)CCCCCCCc1ccccc1)[C@H]1CC[C@H]2[C@H]3Cc4c(O)cc(OC(C)=O)c5c4[C@@]2(CCN3CC2CC2)[C@H]1O5. The van der Waals surface area contributed by atoms with Crippen LogP contribution >= 0.6 is 0 Å². The minimum absolute atomic E-state index is 0.0362. The van der Waals surface area contributed by atoms with Gasteiger partial charge in [0.05, 0.1) is 6.04 Å². The quantitative estimate of drug-likeness (QED) is 0.156. The molecule has 0 aromatic heterocycles. The molecule has 2 aromatic rings. The van der Waals surface area contributed by atoms with Gasteiger partial charge >= 0.3 is 5.97 Å². The number of phenols is 1. The van der Waals surface area contributed by atoms with E-state index in [1.807, 2.05) is 0 Å². The Morgan fingerprint density at radius 2 is 1.84 bits per heavy atom.